The number of rotatable bonds is 2. The number of amides is 2. The number of benzene rings is 1. The van der Waals surface area contributed by atoms with E-state index in [1.54, 1.807) is 6.07 Å². The Balaban J connectivity index is 1.91. The second-order valence-corrected chi connectivity index (χ2v) is 5.50. The molecule has 1 aromatic rings. The third kappa shape index (κ3) is 3.83. The zero-order valence-corrected chi connectivity index (χ0v) is 11.6. The molecule has 5 heteroatoms. The van der Waals surface area contributed by atoms with Crippen LogP contribution in [0.5, 0.6) is 0 Å². The topological polar surface area (TPSA) is 41.1 Å². The van der Waals surface area contributed by atoms with E-state index in [1.807, 2.05) is 0 Å². The van der Waals surface area contributed by atoms with E-state index in [-0.39, 0.29) is 17.1 Å². The highest BCUT2D eigenvalue weighted by Gasteiger charge is 2.22. The second-order valence-electron chi connectivity index (χ2n) is 5.10. The Morgan fingerprint density at radius 1 is 1.37 bits per heavy atom. The van der Waals surface area contributed by atoms with Gasteiger partial charge in [0.25, 0.3) is 0 Å². The number of carbonyl (C=O) groups excluding carboxylic acids is 1. The zero-order chi connectivity index (χ0) is 13.8. The summed E-state index contributed by atoms with van der Waals surface area (Å²) in [5, 5.41) is 5.62. The molecule has 0 radical (unpaired) electrons. The fraction of sp³-hybridized carbons (Fsp3) is 0.500. The molecular weight excluding hydrogens is 267 g/mol. The minimum Gasteiger partial charge on any atom is -0.335 e. The highest BCUT2D eigenvalue weighted by atomic mass is 35.5. The Morgan fingerprint density at radius 2 is 2.11 bits per heavy atom. The maximum atomic E-state index is 13.2. The van der Waals surface area contributed by atoms with Crippen LogP contribution in [-0.4, -0.2) is 12.1 Å². The molecule has 2 atom stereocenters. The number of halogens is 2. The van der Waals surface area contributed by atoms with Crippen molar-refractivity contribution in [3.8, 4) is 0 Å². The molecule has 1 aliphatic rings. The fourth-order valence-corrected chi connectivity index (χ4v) is 2.56. The van der Waals surface area contributed by atoms with Crippen molar-refractivity contribution in [2.45, 2.75) is 38.6 Å². The van der Waals surface area contributed by atoms with Gasteiger partial charge in [-0.25, -0.2) is 9.18 Å². The number of anilines is 1. The SMILES string of the molecule is CC1CCCCC1NC(=O)Nc1ccc(Cl)c(F)c1. The molecule has 0 heterocycles. The van der Waals surface area contributed by atoms with Gasteiger partial charge in [-0.3, -0.25) is 0 Å². The summed E-state index contributed by atoms with van der Waals surface area (Å²) in [7, 11) is 0. The van der Waals surface area contributed by atoms with E-state index in [4.69, 9.17) is 11.6 Å². The molecule has 3 nitrogen and oxygen atoms in total. The molecule has 0 saturated heterocycles. The van der Waals surface area contributed by atoms with Gasteiger partial charge in [0, 0.05) is 11.7 Å². The zero-order valence-electron chi connectivity index (χ0n) is 10.9. The predicted molar refractivity (Wildman–Crippen MR) is 75.0 cm³/mol. The Hall–Kier alpha value is -1.29. The molecule has 1 aromatic carbocycles. The van der Waals surface area contributed by atoms with Crippen molar-refractivity contribution in [1.29, 1.82) is 0 Å². The van der Waals surface area contributed by atoms with Crippen molar-refractivity contribution in [3.05, 3.63) is 29.0 Å². The van der Waals surface area contributed by atoms with E-state index in [0.717, 1.165) is 19.3 Å². The lowest BCUT2D eigenvalue weighted by molar-refractivity contribution is 0.232. The quantitative estimate of drug-likeness (QED) is 0.840. The van der Waals surface area contributed by atoms with Gasteiger partial charge in [-0.2, -0.15) is 0 Å². The highest BCUT2D eigenvalue weighted by molar-refractivity contribution is 6.30. The highest BCUT2D eigenvalue weighted by Crippen LogP contribution is 2.24. The van der Waals surface area contributed by atoms with Crippen LogP contribution in [0.1, 0.15) is 32.6 Å². The number of hydrogen-bond donors (Lipinski definition) is 2. The second kappa shape index (κ2) is 6.24. The van der Waals surface area contributed by atoms with Gasteiger partial charge >= 0.3 is 6.03 Å². The molecule has 1 aliphatic carbocycles. The predicted octanol–water partition coefficient (Wildman–Crippen LogP) is 4.18. The lowest BCUT2D eigenvalue weighted by Gasteiger charge is -2.29. The molecule has 104 valence electrons. The Bertz CT molecular complexity index is 467. The number of nitrogens with one attached hydrogen (secondary N) is 2. The van der Waals surface area contributed by atoms with Gasteiger partial charge in [0.1, 0.15) is 5.82 Å². The van der Waals surface area contributed by atoms with Gasteiger partial charge < -0.3 is 10.6 Å². The first kappa shape index (κ1) is 14.1. The van der Waals surface area contributed by atoms with E-state index in [0.29, 0.717) is 11.6 Å². The number of carbonyl (C=O) groups is 1. The average Bonchev–Trinajstić information content (AvgIpc) is 2.37. The molecule has 1 saturated carbocycles. The normalized spacial score (nSPS) is 22.9. The standard InChI is InChI=1S/C14H18ClFN2O/c1-9-4-2-3-5-13(9)18-14(19)17-10-6-7-11(15)12(16)8-10/h6-9,13H,2-5H2,1H3,(H2,17,18,19). The Morgan fingerprint density at radius 3 is 2.79 bits per heavy atom. The maximum Gasteiger partial charge on any atom is 0.319 e. The minimum absolute atomic E-state index is 0.0480. The van der Waals surface area contributed by atoms with Crippen LogP contribution in [0, 0.1) is 11.7 Å². The first-order valence-electron chi connectivity index (χ1n) is 6.59. The first-order chi connectivity index (χ1) is 9.06. The van der Waals surface area contributed by atoms with Gasteiger partial charge in [-0.05, 0) is 37.0 Å². The van der Waals surface area contributed by atoms with Crippen LogP contribution in [0.2, 0.25) is 5.02 Å². The lowest BCUT2D eigenvalue weighted by Crippen LogP contribution is -2.43. The first-order valence-corrected chi connectivity index (χ1v) is 6.96. The lowest BCUT2D eigenvalue weighted by atomic mass is 9.86. The average molecular weight is 285 g/mol. The summed E-state index contributed by atoms with van der Waals surface area (Å²) in [4.78, 5) is 11.8. The van der Waals surface area contributed by atoms with E-state index < -0.39 is 5.82 Å². The van der Waals surface area contributed by atoms with Crippen molar-refractivity contribution in [2.75, 3.05) is 5.32 Å². The molecule has 0 aromatic heterocycles. The van der Waals surface area contributed by atoms with Crippen molar-refractivity contribution < 1.29 is 9.18 Å². The van der Waals surface area contributed by atoms with Crippen LogP contribution in [0.25, 0.3) is 0 Å². The van der Waals surface area contributed by atoms with E-state index in [9.17, 15) is 9.18 Å². The summed E-state index contributed by atoms with van der Waals surface area (Å²) < 4.78 is 13.2. The molecule has 1 fully saturated rings. The van der Waals surface area contributed by atoms with Crippen LogP contribution in [0.15, 0.2) is 18.2 Å². The summed E-state index contributed by atoms with van der Waals surface area (Å²) in [6.45, 7) is 2.14. The number of urea groups is 1. The van der Waals surface area contributed by atoms with Crippen molar-refractivity contribution in [1.82, 2.24) is 5.32 Å². The fourth-order valence-electron chi connectivity index (χ4n) is 2.44. The van der Waals surface area contributed by atoms with Crippen LogP contribution >= 0.6 is 11.6 Å². The van der Waals surface area contributed by atoms with Gasteiger partial charge in [0.15, 0.2) is 0 Å². The van der Waals surface area contributed by atoms with Crippen LogP contribution in [0.4, 0.5) is 14.9 Å². The van der Waals surface area contributed by atoms with Gasteiger partial charge in [0.05, 0.1) is 5.02 Å². The van der Waals surface area contributed by atoms with E-state index >= 15 is 0 Å². The maximum absolute atomic E-state index is 13.2. The molecular formula is C14H18ClFN2O. The molecule has 0 aliphatic heterocycles. The smallest absolute Gasteiger partial charge is 0.319 e. The van der Waals surface area contributed by atoms with Crippen molar-refractivity contribution in [3.63, 3.8) is 0 Å². The Kier molecular flexibility index (Phi) is 4.64. The summed E-state index contributed by atoms with van der Waals surface area (Å²) in [5.41, 5.74) is 0.405. The molecule has 19 heavy (non-hydrogen) atoms. The third-order valence-electron chi connectivity index (χ3n) is 3.61. The molecule has 0 bridgehead atoms. The largest absolute Gasteiger partial charge is 0.335 e. The van der Waals surface area contributed by atoms with Crippen molar-refractivity contribution in [2.24, 2.45) is 5.92 Å². The molecule has 2 amide bonds. The van der Waals surface area contributed by atoms with Crippen LogP contribution in [-0.2, 0) is 0 Å². The van der Waals surface area contributed by atoms with E-state index in [2.05, 4.69) is 17.6 Å². The third-order valence-corrected chi connectivity index (χ3v) is 3.91. The molecule has 0 spiro atoms. The van der Waals surface area contributed by atoms with E-state index in [1.165, 1.54) is 18.6 Å². The summed E-state index contributed by atoms with van der Waals surface area (Å²) in [6.07, 6.45) is 4.51. The number of hydrogen-bond acceptors (Lipinski definition) is 1. The van der Waals surface area contributed by atoms with Crippen molar-refractivity contribution >= 4 is 23.3 Å². The van der Waals surface area contributed by atoms with Gasteiger partial charge in [0.2, 0.25) is 0 Å². The van der Waals surface area contributed by atoms with Crippen LogP contribution < -0.4 is 10.6 Å². The van der Waals surface area contributed by atoms with Gasteiger partial charge in [-0.1, -0.05) is 31.4 Å². The molecule has 2 unspecified atom stereocenters. The Labute approximate surface area is 117 Å². The summed E-state index contributed by atoms with van der Waals surface area (Å²) in [5.74, 6) is -0.0491. The molecule has 2 N–H and O–H groups in total. The monoisotopic (exact) mass is 284 g/mol. The summed E-state index contributed by atoms with van der Waals surface area (Å²) >= 11 is 5.59. The van der Waals surface area contributed by atoms with Crippen LogP contribution in [0.3, 0.4) is 0 Å². The summed E-state index contributed by atoms with van der Waals surface area (Å²) in [6, 6.07) is 4.13. The molecule has 2 rings (SSSR count). The minimum atomic E-state index is -0.537. The van der Waals surface area contributed by atoms with Gasteiger partial charge in [-0.15, -0.1) is 0 Å².